The molecule has 3 heterocycles. The van der Waals surface area contributed by atoms with Crippen LogP contribution in [-0.2, 0) is 20.8 Å². The van der Waals surface area contributed by atoms with Gasteiger partial charge < -0.3 is 19.5 Å². The maximum Gasteiger partial charge on any atom is 0.455 e. The molecule has 3 saturated heterocycles. The van der Waals surface area contributed by atoms with Crippen molar-refractivity contribution in [2.24, 2.45) is 17.8 Å². The molecule has 2 N–H and O–H groups in total. The number of allylic oxidation sites excluding steroid dienone is 2. The van der Waals surface area contributed by atoms with Crippen molar-refractivity contribution >= 4 is 47.6 Å². The number of piperidine rings is 1. The van der Waals surface area contributed by atoms with Crippen molar-refractivity contribution in [2.45, 2.75) is 77.4 Å². The van der Waals surface area contributed by atoms with E-state index < -0.39 is 13.0 Å². The molecule has 2 aromatic carbocycles. The number of amides is 2. The number of benzene rings is 2. The lowest BCUT2D eigenvalue weighted by atomic mass is 9.58. The van der Waals surface area contributed by atoms with Crippen molar-refractivity contribution in [3.63, 3.8) is 0 Å². The fraction of sp³-hybridized carbons (Fsp3) is 0.500. The predicted octanol–water partition coefficient (Wildman–Crippen LogP) is 6.06. The van der Waals surface area contributed by atoms with Crippen molar-refractivity contribution in [1.29, 1.82) is 0 Å². The molecule has 2 aromatic rings. The van der Waals surface area contributed by atoms with Gasteiger partial charge in [0.15, 0.2) is 11.5 Å². The molecule has 2 amide bonds. The fourth-order valence-electron chi connectivity index (χ4n) is 8.21. The van der Waals surface area contributed by atoms with Gasteiger partial charge in [0.2, 0.25) is 11.8 Å². The molecule has 3 fully saturated rings. The quantitative estimate of drug-likeness (QED) is 0.140. The summed E-state index contributed by atoms with van der Waals surface area (Å²) < 4.78 is 12.2. The lowest BCUT2D eigenvalue weighted by Crippen LogP contribution is -2.48. The lowest BCUT2D eigenvalue weighted by molar-refractivity contribution is -0.144. The Morgan fingerprint density at radius 1 is 1.13 bits per heavy atom. The van der Waals surface area contributed by atoms with Crippen LogP contribution in [0, 0.1) is 21.3 Å². The van der Waals surface area contributed by atoms with E-state index in [0.29, 0.717) is 24.9 Å². The van der Waals surface area contributed by atoms with Crippen LogP contribution in [0.4, 0.5) is 0 Å². The van der Waals surface area contributed by atoms with E-state index in [1.165, 1.54) is 11.1 Å². The predicted molar refractivity (Wildman–Crippen MR) is 187 cm³/mol. The van der Waals surface area contributed by atoms with E-state index in [4.69, 9.17) is 9.39 Å². The normalized spacial score (nSPS) is 26.1. The molecule has 3 aliphatic heterocycles. The smallest absolute Gasteiger partial charge is 0.455 e. The Hall–Kier alpha value is -2.67. The number of ether oxygens (including phenoxy) is 1. The van der Waals surface area contributed by atoms with E-state index in [2.05, 4.69) is 71.7 Å². The summed E-state index contributed by atoms with van der Waals surface area (Å²) in [6, 6.07) is 14.1. The van der Waals surface area contributed by atoms with Gasteiger partial charge in [-0.1, -0.05) is 54.5 Å². The summed E-state index contributed by atoms with van der Waals surface area (Å²) in [5, 5.41) is 21.1. The van der Waals surface area contributed by atoms with E-state index in [1.807, 2.05) is 18.2 Å². The highest BCUT2D eigenvalue weighted by Crippen LogP contribution is 2.52. The second-order valence-corrected chi connectivity index (χ2v) is 14.5. The number of fused-ring (bicyclic) bond motifs is 3. The highest BCUT2D eigenvalue weighted by atomic mass is 127. The third-order valence-corrected chi connectivity index (χ3v) is 11.2. The average Bonchev–Trinajstić information content (AvgIpc) is 3.30. The van der Waals surface area contributed by atoms with Crippen molar-refractivity contribution in [1.82, 2.24) is 9.80 Å². The maximum atomic E-state index is 14.2. The topological polar surface area (TPSA) is 99.5 Å². The zero-order chi connectivity index (χ0) is 32.5. The Balaban J connectivity index is 1.16. The molecule has 0 unspecified atom stereocenters. The summed E-state index contributed by atoms with van der Waals surface area (Å²) in [5.74, 6) is -0.456. The zero-order valence-electron chi connectivity index (χ0n) is 27.0. The molecule has 0 radical (unpaired) electrons. The highest BCUT2D eigenvalue weighted by Gasteiger charge is 2.58. The first kappa shape index (κ1) is 33.2. The molecule has 6 rings (SSSR count). The molecular weight excluding hydrogens is 694 g/mol. The first-order chi connectivity index (χ1) is 22.2. The molecule has 244 valence electrons. The summed E-state index contributed by atoms with van der Waals surface area (Å²) in [6.07, 6.45) is 6.50. The maximum absolute atomic E-state index is 14.2. The summed E-state index contributed by atoms with van der Waals surface area (Å²) in [7, 11) is 0.569. The van der Waals surface area contributed by atoms with Gasteiger partial charge in [0.1, 0.15) is 0 Å². The second kappa shape index (κ2) is 14.2. The minimum absolute atomic E-state index is 0.0169. The number of carbonyl (C=O) groups is 2. The number of nitrogens with zero attached hydrogens (tertiary/aromatic N) is 2. The Bertz CT molecular complexity index is 1520. The van der Waals surface area contributed by atoms with E-state index in [0.717, 1.165) is 65.6 Å². The monoisotopic (exact) mass is 738 g/mol. The number of methoxy groups -OCH3 is 1. The van der Waals surface area contributed by atoms with Crippen molar-refractivity contribution in [3.05, 3.63) is 73.9 Å². The van der Waals surface area contributed by atoms with Crippen LogP contribution < -0.4 is 4.74 Å². The van der Waals surface area contributed by atoms with Crippen LogP contribution in [0.3, 0.4) is 0 Å². The van der Waals surface area contributed by atoms with Crippen molar-refractivity contribution in [3.8, 4) is 11.5 Å². The molecule has 0 bridgehead atoms. The summed E-state index contributed by atoms with van der Waals surface area (Å²) >= 11 is 2.10. The van der Waals surface area contributed by atoms with Gasteiger partial charge in [0.25, 0.3) is 0 Å². The Kier molecular flexibility index (Phi) is 10.3. The molecule has 1 aliphatic carbocycles. The fourth-order valence-corrected chi connectivity index (χ4v) is 8.84. The molecule has 8 nitrogen and oxygen atoms in total. The Morgan fingerprint density at radius 3 is 2.57 bits per heavy atom. The van der Waals surface area contributed by atoms with Crippen LogP contribution in [0.5, 0.6) is 11.5 Å². The lowest BCUT2D eigenvalue weighted by Gasteiger charge is -2.43. The van der Waals surface area contributed by atoms with E-state index in [9.17, 15) is 19.7 Å². The summed E-state index contributed by atoms with van der Waals surface area (Å²) in [6.45, 7) is 6.78. The first-order valence-electron chi connectivity index (χ1n) is 16.6. The third-order valence-electron chi connectivity index (χ3n) is 10.4. The van der Waals surface area contributed by atoms with Gasteiger partial charge in [-0.2, -0.15) is 0 Å². The van der Waals surface area contributed by atoms with Crippen LogP contribution >= 0.6 is 22.6 Å². The third kappa shape index (κ3) is 6.68. The van der Waals surface area contributed by atoms with Crippen LogP contribution in [0.25, 0.3) is 6.08 Å². The first-order valence-corrected chi connectivity index (χ1v) is 17.7. The number of phenolic OH excluding ortho intramolecular Hbond substituents is 1. The number of halogens is 1. The molecule has 46 heavy (non-hydrogen) atoms. The average molecular weight is 738 g/mol. The number of rotatable bonds is 9. The van der Waals surface area contributed by atoms with Crippen LogP contribution in [0.15, 0.2) is 59.2 Å². The highest BCUT2D eigenvalue weighted by molar-refractivity contribution is 14.1. The molecule has 4 aliphatic rings. The minimum atomic E-state index is -0.971. The molecule has 0 spiro atoms. The van der Waals surface area contributed by atoms with Crippen LogP contribution in [-0.4, -0.2) is 71.2 Å². The minimum Gasteiger partial charge on any atom is -0.504 e. The van der Waals surface area contributed by atoms with Gasteiger partial charge in [0.05, 0.1) is 28.6 Å². The van der Waals surface area contributed by atoms with Gasteiger partial charge in [-0.05, 0) is 109 Å². The van der Waals surface area contributed by atoms with E-state index in [1.54, 1.807) is 12.0 Å². The van der Waals surface area contributed by atoms with E-state index in [-0.39, 0.29) is 41.5 Å². The number of aromatic hydroxyl groups is 1. The number of phenols is 1. The molecule has 0 saturated carbocycles. The van der Waals surface area contributed by atoms with Gasteiger partial charge >= 0.3 is 7.12 Å². The van der Waals surface area contributed by atoms with Gasteiger partial charge in [-0.25, -0.2) is 0 Å². The van der Waals surface area contributed by atoms with Crippen molar-refractivity contribution in [2.75, 3.05) is 20.2 Å². The molecule has 4 atom stereocenters. The van der Waals surface area contributed by atoms with Crippen LogP contribution in [0.1, 0.15) is 63.5 Å². The number of carbonyl (C=O) groups excluding carboxylic acids is 2. The zero-order valence-corrected chi connectivity index (χ0v) is 29.1. The summed E-state index contributed by atoms with van der Waals surface area (Å²) in [4.78, 5) is 32.1. The Morgan fingerprint density at radius 2 is 1.87 bits per heavy atom. The van der Waals surface area contributed by atoms with Gasteiger partial charge in [-0.15, -0.1) is 0 Å². The van der Waals surface area contributed by atoms with Gasteiger partial charge in [0, 0.05) is 25.7 Å². The largest absolute Gasteiger partial charge is 0.504 e. The standard InChI is InChI=1S/C36H44BIN2O6/c1-4-25-19-27-33(36(43)40(35(27)42)26-12-14-39(15-13-26)21-23-8-6-5-7-9-23)28-20-37(44)46-30(32(25)28)11-10-22(2)16-24-17-29(38)34(41)31(18-24)45-3/h5-9,16-18,26-28,30,33,41,44H,4,10-15,19-21H2,1-3H3/b22-16+/t27-,28+,30-,33-/m1/s1. The van der Waals surface area contributed by atoms with Crippen LogP contribution in [0.2, 0.25) is 6.32 Å². The van der Waals surface area contributed by atoms with E-state index >= 15 is 0 Å². The molecule has 10 heteroatoms. The van der Waals surface area contributed by atoms with Crippen molar-refractivity contribution < 1.29 is 29.1 Å². The second-order valence-electron chi connectivity index (χ2n) is 13.3. The number of likely N-dealkylation sites (tertiary alicyclic amines) is 2. The number of imide groups is 1. The number of hydrogen-bond donors (Lipinski definition) is 2. The molecular formula is C36H44BIN2O6. The number of hydrogen-bond acceptors (Lipinski definition) is 7. The molecule has 0 aromatic heterocycles. The summed E-state index contributed by atoms with van der Waals surface area (Å²) in [5.41, 5.74) is 5.70. The van der Waals surface area contributed by atoms with Gasteiger partial charge in [-0.3, -0.25) is 19.4 Å². The Labute approximate surface area is 286 Å². The SMILES string of the molecule is CCC1=C2[C@@H](CC/C(C)=C/c3cc(I)c(O)c(OC)c3)OB(O)C[C@@H]2[C@@H]2C(=O)N(C3CCN(Cc4ccccc4)CC3)C(=O)[C@@H]2C1.